The van der Waals surface area contributed by atoms with Gasteiger partial charge in [-0.25, -0.2) is 17.5 Å². The summed E-state index contributed by atoms with van der Waals surface area (Å²) in [7, 11) is -4.13. The van der Waals surface area contributed by atoms with Crippen molar-refractivity contribution in [1.82, 2.24) is 4.72 Å². The second kappa shape index (κ2) is 5.47. The van der Waals surface area contributed by atoms with Crippen molar-refractivity contribution in [2.45, 2.75) is 17.9 Å². The summed E-state index contributed by atoms with van der Waals surface area (Å²) in [6.45, 7) is 1.51. The van der Waals surface area contributed by atoms with Gasteiger partial charge in [0, 0.05) is 0 Å². The lowest BCUT2D eigenvalue weighted by atomic mass is 10.1. The van der Waals surface area contributed by atoms with Crippen molar-refractivity contribution in [3.05, 3.63) is 29.6 Å². The Bertz CT molecular complexity index is 631. The third kappa shape index (κ3) is 2.97. The molecule has 0 amide bonds. The maximum Gasteiger partial charge on any atom is 0.310 e. The Morgan fingerprint density at radius 1 is 1.45 bits per heavy atom. The standard InChI is InChI=1S/C12H14FNO5S/c1-7-2-3-9(13)11(4-7)20(17,18)14-10-6-19-5-8(10)12(15)16/h2-4,8,10,14H,5-6H2,1H3,(H,15,16). The van der Waals surface area contributed by atoms with Gasteiger partial charge in [-0.05, 0) is 24.6 Å². The first-order chi connectivity index (χ1) is 9.31. The summed E-state index contributed by atoms with van der Waals surface area (Å²) in [5, 5.41) is 8.96. The summed E-state index contributed by atoms with van der Waals surface area (Å²) >= 11 is 0. The number of aliphatic carboxylic acids is 1. The summed E-state index contributed by atoms with van der Waals surface area (Å²) in [5.41, 5.74) is 0.587. The van der Waals surface area contributed by atoms with E-state index in [1.165, 1.54) is 12.1 Å². The van der Waals surface area contributed by atoms with Gasteiger partial charge in [-0.1, -0.05) is 6.07 Å². The molecule has 2 atom stereocenters. The van der Waals surface area contributed by atoms with Gasteiger partial charge in [0.25, 0.3) is 0 Å². The number of aryl methyl sites for hydroxylation is 1. The lowest BCUT2D eigenvalue weighted by Gasteiger charge is -2.16. The third-order valence-corrected chi connectivity index (χ3v) is 4.59. The number of ether oxygens (including phenoxy) is 1. The lowest BCUT2D eigenvalue weighted by molar-refractivity contribution is -0.142. The first-order valence-corrected chi connectivity index (χ1v) is 7.38. The Balaban J connectivity index is 2.27. The average Bonchev–Trinajstić information content (AvgIpc) is 2.79. The van der Waals surface area contributed by atoms with E-state index in [1.807, 2.05) is 0 Å². The second-order valence-corrected chi connectivity index (χ2v) is 6.33. The van der Waals surface area contributed by atoms with Crippen LogP contribution in [0.5, 0.6) is 0 Å². The van der Waals surface area contributed by atoms with Gasteiger partial charge in [-0.3, -0.25) is 4.79 Å². The Kier molecular flexibility index (Phi) is 4.07. The Hall–Kier alpha value is -1.51. The highest BCUT2D eigenvalue weighted by Crippen LogP contribution is 2.20. The van der Waals surface area contributed by atoms with Gasteiger partial charge >= 0.3 is 5.97 Å². The number of carbonyl (C=O) groups is 1. The van der Waals surface area contributed by atoms with Crippen molar-refractivity contribution < 1.29 is 27.4 Å². The molecule has 6 nitrogen and oxygen atoms in total. The molecule has 1 aromatic carbocycles. The SMILES string of the molecule is Cc1ccc(F)c(S(=O)(=O)NC2COCC2C(=O)O)c1. The van der Waals surface area contributed by atoms with E-state index in [4.69, 9.17) is 9.84 Å². The molecule has 0 bridgehead atoms. The average molecular weight is 303 g/mol. The molecule has 1 aliphatic rings. The van der Waals surface area contributed by atoms with Crippen LogP contribution in [-0.2, 0) is 19.6 Å². The molecule has 20 heavy (non-hydrogen) atoms. The number of carboxylic acid groups (broad SMARTS) is 1. The van der Waals surface area contributed by atoms with Crippen molar-refractivity contribution in [2.75, 3.05) is 13.2 Å². The van der Waals surface area contributed by atoms with Gasteiger partial charge in [0.15, 0.2) is 0 Å². The molecule has 2 N–H and O–H groups in total. The van der Waals surface area contributed by atoms with Crippen LogP contribution in [0.25, 0.3) is 0 Å². The summed E-state index contributed by atoms with van der Waals surface area (Å²) in [5.74, 6) is -3.01. The molecule has 110 valence electrons. The van der Waals surface area contributed by atoms with Crippen molar-refractivity contribution in [1.29, 1.82) is 0 Å². The number of hydrogen-bond acceptors (Lipinski definition) is 4. The normalized spacial score (nSPS) is 22.9. The van der Waals surface area contributed by atoms with Crippen LogP contribution in [0.3, 0.4) is 0 Å². The fraction of sp³-hybridized carbons (Fsp3) is 0.417. The van der Waals surface area contributed by atoms with Crippen LogP contribution in [0, 0.1) is 18.7 Å². The van der Waals surface area contributed by atoms with E-state index in [9.17, 15) is 17.6 Å². The fourth-order valence-electron chi connectivity index (χ4n) is 1.99. The van der Waals surface area contributed by atoms with E-state index >= 15 is 0 Å². The van der Waals surface area contributed by atoms with Crippen LogP contribution in [0.15, 0.2) is 23.1 Å². The molecule has 1 saturated heterocycles. The number of sulfonamides is 1. The zero-order valence-electron chi connectivity index (χ0n) is 10.7. The monoisotopic (exact) mass is 303 g/mol. The molecule has 0 radical (unpaired) electrons. The number of halogens is 1. The van der Waals surface area contributed by atoms with Crippen LogP contribution in [0.2, 0.25) is 0 Å². The minimum Gasteiger partial charge on any atom is -0.481 e. The van der Waals surface area contributed by atoms with E-state index in [0.717, 1.165) is 6.07 Å². The van der Waals surface area contributed by atoms with Crippen molar-refractivity contribution in [3.63, 3.8) is 0 Å². The van der Waals surface area contributed by atoms with Crippen LogP contribution in [0.4, 0.5) is 4.39 Å². The van der Waals surface area contributed by atoms with Crippen LogP contribution < -0.4 is 4.72 Å². The van der Waals surface area contributed by atoms with Crippen LogP contribution in [0.1, 0.15) is 5.56 Å². The lowest BCUT2D eigenvalue weighted by Crippen LogP contribution is -2.42. The minimum atomic E-state index is -4.13. The molecule has 2 rings (SSSR count). The minimum absolute atomic E-state index is 0.0520. The molecule has 1 fully saturated rings. The summed E-state index contributed by atoms with van der Waals surface area (Å²) in [6, 6.07) is 2.80. The molecule has 1 aromatic rings. The predicted octanol–water partition coefficient (Wildman–Crippen LogP) is 0.512. The Labute approximate surface area is 115 Å². The van der Waals surface area contributed by atoms with E-state index < -0.39 is 38.7 Å². The summed E-state index contributed by atoms with van der Waals surface area (Å²) in [4.78, 5) is 10.5. The summed E-state index contributed by atoms with van der Waals surface area (Å²) in [6.07, 6.45) is 0. The second-order valence-electron chi connectivity index (χ2n) is 4.64. The maximum absolute atomic E-state index is 13.6. The van der Waals surface area contributed by atoms with E-state index in [0.29, 0.717) is 5.56 Å². The van der Waals surface area contributed by atoms with E-state index in [-0.39, 0.29) is 13.2 Å². The molecule has 0 saturated carbocycles. The topological polar surface area (TPSA) is 92.7 Å². The summed E-state index contributed by atoms with van der Waals surface area (Å²) < 4.78 is 45.1. The Morgan fingerprint density at radius 2 is 2.15 bits per heavy atom. The smallest absolute Gasteiger partial charge is 0.310 e. The Morgan fingerprint density at radius 3 is 2.80 bits per heavy atom. The van der Waals surface area contributed by atoms with Crippen molar-refractivity contribution in [2.24, 2.45) is 5.92 Å². The number of benzene rings is 1. The van der Waals surface area contributed by atoms with E-state index in [1.54, 1.807) is 6.92 Å². The van der Waals surface area contributed by atoms with Crippen LogP contribution in [-0.4, -0.2) is 38.7 Å². The van der Waals surface area contributed by atoms with Gasteiger partial charge < -0.3 is 9.84 Å². The van der Waals surface area contributed by atoms with Gasteiger partial charge in [0.05, 0.1) is 25.2 Å². The number of nitrogens with one attached hydrogen (secondary N) is 1. The van der Waals surface area contributed by atoms with E-state index in [2.05, 4.69) is 4.72 Å². The highest BCUT2D eigenvalue weighted by atomic mass is 32.2. The molecule has 0 aromatic heterocycles. The number of carboxylic acids is 1. The van der Waals surface area contributed by atoms with Crippen molar-refractivity contribution in [3.8, 4) is 0 Å². The molecule has 0 aliphatic carbocycles. The van der Waals surface area contributed by atoms with Crippen molar-refractivity contribution >= 4 is 16.0 Å². The molecule has 8 heteroatoms. The maximum atomic E-state index is 13.6. The molecule has 2 unspecified atom stereocenters. The molecular weight excluding hydrogens is 289 g/mol. The predicted molar refractivity (Wildman–Crippen MR) is 67.2 cm³/mol. The molecule has 1 aliphatic heterocycles. The fourth-order valence-corrected chi connectivity index (χ4v) is 3.42. The van der Waals surface area contributed by atoms with Gasteiger partial charge in [-0.2, -0.15) is 0 Å². The largest absolute Gasteiger partial charge is 0.481 e. The zero-order valence-corrected chi connectivity index (χ0v) is 11.5. The van der Waals surface area contributed by atoms with Gasteiger partial charge in [-0.15, -0.1) is 0 Å². The van der Waals surface area contributed by atoms with Crippen LogP contribution >= 0.6 is 0 Å². The number of hydrogen-bond donors (Lipinski definition) is 2. The molecular formula is C12H14FNO5S. The highest BCUT2D eigenvalue weighted by molar-refractivity contribution is 7.89. The van der Waals surface area contributed by atoms with Gasteiger partial charge in [0.2, 0.25) is 10.0 Å². The zero-order chi connectivity index (χ0) is 14.9. The van der Waals surface area contributed by atoms with Gasteiger partial charge in [0.1, 0.15) is 10.7 Å². The first-order valence-electron chi connectivity index (χ1n) is 5.90. The quantitative estimate of drug-likeness (QED) is 0.845. The third-order valence-electron chi connectivity index (χ3n) is 3.08. The number of rotatable bonds is 4. The highest BCUT2D eigenvalue weighted by Gasteiger charge is 2.37. The first kappa shape index (κ1) is 14.9. The molecule has 0 spiro atoms. The molecule has 1 heterocycles.